The van der Waals surface area contributed by atoms with Crippen LogP contribution in [0.2, 0.25) is 0 Å². The molecule has 1 amide bonds. The van der Waals surface area contributed by atoms with Gasteiger partial charge in [0.1, 0.15) is 29.5 Å². The third-order valence-electron chi connectivity index (χ3n) is 2.50. The highest BCUT2D eigenvalue weighted by Gasteiger charge is 2.09. The maximum absolute atomic E-state index is 13.5. The van der Waals surface area contributed by atoms with Crippen molar-refractivity contribution in [1.82, 2.24) is 15.3 Å². The van der Waals surface area contributed by atoms with Crippen molar-refractivity contribution in [2.45, 2.75) is 0 Å². The van der Waals surface area contributed by atoms with Gasteiger partial charge >= 0.3 is 0 Å². The van der Waals surface area contributed by atoms with Crippen molar-refractivity contribution >= 4 is 17.4 Å². The SMILES string of the molecule is C=CCNC(=O)c1cc(Nc2ccc(F)cc2F)ncn1. The standard InChI is InChI=1S/C14H12F2N4O/c1-2-5-17-14(21)12-7-13(19-8-18-12)20-11-4-3-9(15)6-10(11)16/h2-4,6-8H,1,5H2,(H,17,21)(H,18,19,20). The van der Waals surface area contributed by atoms with Crippen molar-refractivity contribution in [1.29, 1.82) is 0 Å². The molecule has 2 aromatic rings. The number of amides is 1. The molecular formula is C14H12F2N4O. The maximum Gasteiger partial charge on any atom is 0.270 e. The molecule has 1 heterocycles. The van der Waals surface area contributed by atoms with E-state index < -0.39 is 17.5 Å². The molecule has 2 rings (SSSR count). The topological polar surface area (TPSA) is 66.9 Å². The number of benzene rings is 1. The fraction of sp³-hybridized carbons (Fsp3) is 0.0714. The molecule has 0 aliphatic carbocycles. The molecule has 1 aromatic heterocycles. The third-order valence-corrected chi connectivity index (χ3v) is 2.50. The van der Waals surface area contributed by atoms with E-state index in [0.29, 0.717) is 6.54 Å². The van der Waals surface area contributed by atoms with Crippen LogP contribution in [0.25, 0.3) is 0 Å². The number of hydrogen-bond donors (Lipinski definition) is 2. The fourth-order valence-electron chi connectivity index (χ4n) is 1.53. The second-order valence-electron chi connectivity index (χ2n) is 4.04. The molecule has 0 bridgehead atoms. The molecule has 0 saturated heterocycles. The zero-order chi connectivity index (χ0) is 15.2. The summed E-state index contributed by atoms with van der Waals surface area (Å²) in [6, 6.07) is 4.47. The van der Waals surface area contributed by atoms with E-state index >= 15 is 0 Å². The molecule has 0 fully saturated rings. The van der Waals surface area contributed by atoms with Gasteiger partial charge in [-0.2, -0.15) is 0 Å². The quantitative estimate of drug-likeness (QED) is 0.830. The van der Waals surface area contributed by atoms with Crippen LogP contribution in [-0.2, 0) is 0 Å². The Balaban J connectivity index is 2.17. The van der Waals surface area contributed by atoms with Gasteiger partial charge in [0, 0.05) is 18.7 Å². The monoisotopic (exact) mass is 290 g/mol. The molecule has 0 aliphatic heterocycles. The van der Waals surface area contributed by atoms with Gasteiger partial charge in [0.15, 0.2) is 0 Å². The molecule has 0 spiro atoms. The molecular weight excluding hydrogens is 278 g/mol. The van der Waals surface area contributed by atoms with Crippen molar-refractivity contribution < 1.29 is 13.6 Å². The van der Waals surface area contributed by atoms with Gasteiger partial charge in [0.05, 0.1) is 5.69 Å². The lowest BCUT2D eigenvalue weighted by Gasteiger charge is -2.08. The molecule has 2 N–H and O–H groups in total. The minimum absolute atomic E-state index is 0.0487. The molecule has 0 unspecified atom stereocenters. The van der Waals surface area contributed by atoms with Gasteiger partial charge in [0.25, 0.3) is 5.91 Å². The maximum atomic E-state index is 13.5. The molecule has 108 valence electrons. The summed E-state index contributed by atoms with van der Waals surface area (Å²) < 4.78 is 26.3. The highest BCUT2D eigenvalue weighted by molar-refractivity contribution is 5.93. The average molecular weight is 290 g/mol. The smallest absolute Gasteiger partial charge is 0.270 e. The number of hydrogen-bond acceptors (Lipinski definition) is 4. The Labute approximate surface area is 119 Å². The number of halogens is 2. The van der Waals surface area contributed by atoms with E-state index in [4.69, 9.17) is 0 Å². The predicted molar refractivity (Wildman–Crippen MR) is 74.2 cm³/mol. The normalized spacial score (nSPS) is 10.0. The Morgan fingerprint density at radius 3 is 2.81 bits per heavy atom. The summed E-state index contributed by atoms with van der Waals surface area (Å²) in [7, 11) is 0. The highest BCUT2D eigenvalue weighted by atomic mass is 19.1. The number of nitrogens with zero attached hydrogens (tertiary/aromatic N) is 2. The fourth-order valence-corrected chi connectivity index (χ4v) is 1.53. The van der Waals surface area contributed by atoms with Crippen LogP contribution in [0.4, 0.5) is 20.3 Å². The number of carbonyl (C=O) groups is 1. The lowest BCUT2D eigenvalue weighted by molar-refractivity contribution is 0.0953. The first-order valence-corrected chi connectivity index (χ1v) is 6.03. The number of anilines is 2. The Morgan fingerprint density at radius 1 is 1.29 bits per heavy atom. The molecule has 0 atom stereocenters. The van der Waals surface area contributed by atoms with E-state index in [1.54, 1.807) is 0 Å². The van der Waals surface area contributed by atoms with Gasteiger partial charge in [-0.25, -0.2) is 18.7 Å². The van der Waals surface area contributed by atoms with Crippen LogP contribution < -0.4 is 10.6 Å². The van der Waals surface area contributed by atoms with Gasteiger partial charge in [0.2, 0.25) is 0 Å². The molecule has 5 nitrogen and oxygen atoms in total. The summed E-state index contributed by atoms with van der Waals surface area (Å²) in [5.41, 5.74) is 0.171. The zero-order valence-corrected chi connectivity index (χ0v) is 10.9. The van der Waals surface area contributed by atoms with E-state index in [-0.39, 0.29) is 17.2 Å². The van der Waals surface area contributed by atoms with E-state index in [0.717, 1.165) is 12.1 Å². The second kappa shape index (κ2) is 6.56. The van der Waals surface area contributed by atoms with E-state index in [1.165, 1.54) is 24.5 Å². The highest BCUT2D eigenvalue weighted by Crippen LogP contribution is 2.19. The summed E-state index contributed by atoms with van der Waals surface area (Å²) >= 11 is 0. The number of nitrogens with one attached hydrogen (secondary N) is 2. The number of rotatable bonds is 5. The van der Waals surface area contributed by atoms with Crippen molar-refractivity contribution in [3.8, 4) is 0 Å². The molecule has 0 saturated carbocycles. The minimum Gasteiger partial charge on any atom is -0.347 e. The van der Waals surface area contributed by atoms with Crippen LogP contribution in [0, 0.1) is 11.6 Å². The van der Waals surface area contributed by atoms with Crippen LogP contribution in [0.3, 0.4) is 0 Å². The van der Waals surface area contributed by atoms with Crippen molar-refractivity contribution in [2.24, 2.45) is 0 Å². The number of carbonyl (C=O) groups excluding carboxylic acids is 1. The predicted octanol–water partition coefficient (Wildman–Crippen LogP) is 2.41. The van der Waals surface area contributed by atoms with E-state index in [9.17, 15) is 13.6 Å². The largest absolute Gasteiger partial charge is 0.347 e. The van der Waals surface area contributed by atoms with Crippen molar-refractivity contribution in [3.63, 3.8) is 0 Å². The van der Waals surface area contributed by atoms with Gasteiger partial charge in [-0.05, 0) is 12.1 Å². The second-order valence-corrected chi connectivity index (χ2v) is 4.04. The average Bonchev–Trinajstić information content (AvgIpc) is 2.48. The molecule has 21 heavy (non-hydrogen) atoms. The zero-order valence-electron chi connectivity index (χ0n) is 10.9. The number of aromatic nitrogens is 2. The summed E-state index contributed by atoms with van der Waals surface area (Å²) in [5, 5.41) is 5.22. The Morgan fingerprint density at radius 2 is 2.10 bits per heavy atom. The summed E-state index contributed by atoms with van der Waals surface area (Å²) in [4.78, 5) is 19.4. The first-order chi connectivity index (χ1) is 10.1. The first kappa shape index (κ1) is 14.6. The summed E-state index contributed by atoms with van der Waals surface area (Å²) in [5.74, 6) is -1.62. The van der Waals surface area contributed by atoms with Crippen LogP contribution in [0.5, 0.6) is 0 Å². The summed E-state index contributed by atoms with van der Waals surface area (Å²) in [6.45, 7) is 3.79. The Bertz CT molecular complexity index is 676. The van der Waals surface area contributed by atoms with Crippen LogP contribution >= 0.6 is 0 Å². The van der Waals surface area contributed by atoms with Gasteiger partial charge < -0.3 is 10.6 Å². The summed E-state index contributed by atoms with van der Waals surface area (Å²) in [6.07, 6.45) is 2.71. The first-order valence-electron chi connectivity index (χ1n) is 6.03. The van der Waals surface area contributed by atoms with Gasteiger partial charge in [-0.15, -0.1) is 6.58 Å². The van der Waals surface area contributed by atoms with Crippen LogP contribution in [-0.4, -0.2) is 22.4 Å². The van der Waals surface area contributed by atoms with Crippen LogP contribution in [0.15, 0.2) is 43.2 Å². The van der Waals surface area contributed by atoms with Crippen molar-refractivity contribution in [3.05, 3.63) is 60.6 Å². The molecule has 7 heteroatoms. The van der Waals surface area contributed by atoms with Crippen molar-refractivity contribution in [2.75, 3.05) is 11.9 Å². The minimum atomic E-state index is -0.758. The van der Waals surface area contributed by atoms with E-state index in [2.05, 4.69) is 27.2 Å². The van der Waals surface area contributed by atoms with Crippen LogP contribution in [0.1, 0.15) is 10.5 Å². The lowest BCUT2D eigenvalue weighted by atomic mass is 10.3. The molecule has 0 radical (unpaired) electrons. The lowest BCUT2D eigenvalue weighted by Crippen LogP contribution is -2.24. The van der Waals surface area contributed by atoms with Gasteiger partial charge in [-0.3, -0.25) is 4.79 Å². The Kier molecular flexibility index (Phi) is 4.55. The molecule has 0 aliphatic rings. The van der Waals surface area contributed by atoms with E-state index in [1.807, 2.05) is 0 Å². The third kappa shape index (κ3) is 3.82. The Hall–Kier alpha value is -2.83. The molecule has 1 aromatic carbocycles. The van der Waals surface area contributed by atoms with Gasteiger partial charge in [-0.1, -0.05) is 6.08 Å².